The van der Waals surface area contributed by atoms with E-state index in [0.29, 0.717) is 29.1 Å². The summed E-state index contributed by atoms with van der Waals surface area (Å²) in [5.74, 6) is -1.29. The lowest BCUT2D eigenvalue weighted by Gasteiger charge is -2.35. The van der Waals surface area contributed by atoms with Crippen LogP contribution in [0.25, 0.3) is 22.3 Å². The highest BCUT2D eigenvalue weighted by Crippen LogP contribution is 2.41. The summed E-state index contributed by atoms with van der Waals surface area (Å²) in [4.78, 5) is 43.3. The van der Waals surface area contributed by atoms with Crippen LogP contribution in [0, 0.1) is 0 Å². The van der Waals surface area contributed by atoms with Gasteiger partial charge in [-0.2, -0.15) is 0 Å². The van der Waals surface area contributed by atoms with Crippen molar-refractivity contribution >= 4 is 22.8 Å². The standard InChI is InChI=1S/C23H21N3O5/c1-2-23(31-19(27)7-8-24)16-10-18-20-14(9-13-5-3-4-6-17(13)25-20)11-26(18)21(28)15(16)12-30-22(23)29/h3-6,9-10H,2,7-8,11-12,24H2,1H3. The Balaban J connectivity index is 1.73. The second-order valence-electron chi connectivity index (χ2n) is 7.77. The monoisotopic (exact) mass is 419 g/mol. The van der Waals surface area contributed by atoms with E-state index < -0.39 is 17.5 Å². The van der Waals surface area contributed by atoms with Gasteiger partial charge in [0.15, 0.2) is 0 Å². The summed E-state index contributed by atoms with van der Waals surface area (Å²) in [6.45, 7) is 2.04. The fourth-order valence-electron chi connectivity index (χ4n) is 4.45. The number of fused-ring (bicyclic) bond motifs is 5. The predicted molar refractivity (Wildman–Crippen MR) is 112 cm³/mol. The van der Waals surface area contributed by atoms with Gasteiger partial charge in [0.05, 0.1) is 35.4 Å². The first-order chi connectivity index (χ1) is 15.0. The van der Waals surface area contributed by atoms with Crippen LogP contribution < -0.4 is 11.3 Å². The Morgan fingerprint density at radius 1 is 1.29 bits per heavy atom. The lowest BCUT2D eigenvalue weighted by Crippen LogP contribution is -2.47. The molecule has 1 aromatic carbocycles. The van der Waals surface area contributed by atoms with E-state index in [1.54, 1.807) is 17.6 Å². The fourth-order valence-corrected chi connectivity index (χ4v) is 4.45. The Morgan fingerprint density at radius 3 is 2.87 bits per heavy atom. The van der Waals surface area contributed by atoms with Crippen molar-refractivity contribution in [3.05, 3.63) is 63.4 Å². The van der Waals surface area contributed by atoms with Gasteiger partial charge in [-0.15, -0.1) is 0 Å². The zero-order chi connectivity index (χ0) is 21.8. The van der Waals surface area contributed by atoms with Crippen molar-refractivity contribution in [2.75, 3.05) is 6.54 Å². The van der Waals surface area contributed by atoms with Crippen LogP contribution >= 0.6 is 0 Å². The highest BCUT2D eigenvalue weighted by Gasteiger charge is 2.50. The van der Waals surface area contributed by atoms with E-state index in [0.717, 1.165) is 16.5 Å². The molecule has 1 unspecified atom stereocenters. The Morgan fingerprint density at radius 2 is 2.10 bits per heavy atom. The number of aromatic nitrogens is 2. The second kappa shape index (κ2) is 7.02. The van der Waals surface area contributed by atoms with Crippen molar-refractivity contribution in [1.82, 2.24) is 9.55 Å². The molecule has 4 heterocycles. The van der Waals surface area contributed by atoms with E-state index in [9.17, 15) is 14.4 Å². The number of nitrogens with zero attached hydrogens (tertiary/aromatic N) is 2. The molecule has 5 rings (SSSR count). The van der Waals surface area contributed by atoms with E-state index in [4.69, 9.17) is 20.2 Å². The van der Waals surface area contributed by atoms with E-state index in [1.165, 1.54) is 0 Å². The number of esters is 2. The van der Waals surface area contributed by atoms with Gasteiger partial charge in [-0.25, -0.2) is 9.78 Å². The number of carbonyl (C=O) groups excluding carboxylic acids is 2. The minimum Gasteiger partial charge on any atom is -0.457 e. The highest BCUT2D eigenvalue weighted by molar-refractivity contribution is 5.88. The van der Waals surface area contributed by atoms with Gasteiger partial charge < -0.3 is 19.8 Å². The molecule has 2 N–H and O–H groups in total. The molecular formula is C23H21N3O5. The van der Waals surface area contributed by atoms with Crippen molar-refractivity contribution in [3.8, 4) is 11.4 Å². The topological polar surface area (TPSA) is 114 Å². The summed E-state index contributed by atoms with van der Waals surface area (Å²) in [5.41, 5.74) is 7.25. The molecule has 0 bridgehead atoms. The molecular weight excluding hydrogens is 398 g/mol. The minimum absolute atomic E-state index is 0.0370. The van der Waals surface area contributed by atoms with Gasteiger partial charge in [0.1, 0.15) is 6.61 Å². The van der Waals surface area contributed by atoms with Crippen LogP contribution in [-0.2, 0) is 37.8 Å². The maximum atomic E-state index is 13.4. The number of ether oxygens (including phenoxy) is 2. The average Bonchev–Trinajstić information content (AvgIpc) is 3.12. The van der Waals surface area contributed by atoms with Gasteiger partial charge >= 0.3 is 11.9 Å². The Kier molecular flexibility index (Phi) is 4.40. The average molecular weight is 419 g/mol. The number of para-hydroxylation sites is 1. The van der Waals surface area contributed by atoms with Crippen LogP contribution in [0.15, 0.2) is 41.2 Å². The van der Waals surface area contributed by atoms with E-state index >= 15 is 0 Å². The van der Waals surface area contributed by atoms with Crippen LogP contribution in [0.1, 0.15) is 36.5 Å². The van der Waals surface area contributed by atoms with Crippen molar-refractivity contribution in [2.45, 2.75) is 38.5 Å². The number of nitrogens with two attached hydrogens (primary N) is 1. The molecule has 0 fully saturated rings. The Labute approximate surface area is 177 Å². The van der Waals surface area contributed by atoms with Crippen molar-refractivity contribution in [2.24, 2.45) is 5.73 Å². The van der Waals surface area contributed by atoms with E-state index in [1.807, 2.05) is 30.3 Å². The molecule has 0 saturated carbocycles. The van der Waals surface area contributed by atoms with Crippen molar-refractivity contribution in [1.29, 1.82) is 0 Å². The molecule has 0 amide bonds. The summed E-state index contributed by atoms with van der Waals surface area (Å²) >= 11 is 0. The second-order valence-corrected chi connectivity index (χ2v) is 7.77. The fraction of sp³-hybridized carbons (Fsp3) is 0.304. The van der Waals surface area contributed by atoms with E-state index in [-0.39, 0.29) is 31.6 Å². The summed E-state index contributed by atoms with van der Waals surface area (Å²) in [5, 5.41) is 0.990. The third-order valence-corrected chi connectivity index (χ3v) is 6.02. The summed E-state index contributed by atoms with van der Waals surface area (Å²) in [6, 6.07) is 11.5. The molecule has 3 aromatic rings. The van der Waals surface area contributed by atoms with Crippen LogP contribution in [0.5, 0.6) is 0 Å². The smallest absolute Gasteiger partial charge is 0.355 e. The molecule has 2 aliphatic rings. The number of benzene rings is 1. The maximum absolute atomic E-state index is 13.4. The zero-order valence-corrected chi connectivity index (χ0v) is 17.0. The number of pyridine rings is 2. The number of rotatable bonds is 4. The third kappa shape index (κ3) is 2.79. The van der Waals surface area contributed by atoms with Gasteiger partial charge in [-0.3, -0.25) is 9.59 Å². The van der Waals surface area contributed by atoms with Crippen LogP contribution in [-0.4, -0.2) is 28.0 Å². The van der Waals surface area contributed by atoms with Crippen molar-refractivity contribution < 1.29 is 19.1 Å². The first-order valence-electron chi connectivity index (χ1n) is 10.2. The first kappa shape index (κ1) is 19.4. The highest BCUT2D eigenvalue weighted by atomic mass is 16.6. The molecule has 0 aliphatic carbocycles. The molecule has 158 valence electrons. The van der Waals surface area contributed by atoms with E-state index in [2.05, 4.69) is 0 Å². The zero-order valence-electron chi connectivity index (χ0n) is 17.0. The molecule has 0 saturated heterocycles. The van der Waals surface area contributed by atoms with Gasteiger partial charge in [0.2, 0.25) is 5.60 Å². The lowest BCUT2D eigenvalue weighted by molar-refractivity contribution is -0.189. The van der Waals surface area contributed by atoms with Gasteiger partial charge in [0.25, 0.3) is 5.56 Å². The molecule has 31 heavy (non-hydrogen) atoms. The summed E-state index contributed by atoms with van der Waals surface area (Å²) in [6.07, 6.45) is 0.0979. The molecule has 1 atom stereocenters. The molecule has 2 aliphatic heterocycles. The van der Waals surface area contributed by atoms with Crippen molar-refractivity contribution in [3.63, 3.8) is 0 Å². The SMILES string of the molecule is CCC1(OC(=O)CCN)C(=O)OCc2c1cc1n(c2=O)Cc2cc3ccccc3nc2-1. The molecule has 2 aromatic heterocycles. The normalized spacial score (nSPS) is 18.8. The number of carbonyl (C=O) groups is 2. The maximum Gasteiger partial charge on any atom is 0.355 e. The lowest BCUT2D eigenvalue weighted by atomic mass is 9.85. The Bertz CT molecular complexity index is 1310. The molecule has 0 spiro atoms. The molecule has 8 nitrogen and oxygen atoms in total. The number of cyclic esters (lactones) is 1. The van der Waals surface area contributed by atoms with Crippen LogP contribution in [0.3, 0.4) is 0 Å². The van der Waals surface area contributed by atoms with Gasteiger partial charge in [0, 0.05) is 23.1 Å². The van der Waals surface area contributed by atoms with Gasteiger partial charge in [-0.05, 0) is 24.6 Å². The first-order valence-corrected chi connectivity index (χ1v) is 10.2. The molecule has 0 radical (unpaired) electrons. The Hall–Kier alpha value is -3.52. The number of hydrogen-bond donors (Lipinski definition) is 1. The largest absolute Gasteiger partial charge is 0.457 e. The summed E-state index contributed by atoms with van der Waals surface area (Å²) in [7, 11) is 0. The van der Waals surface area contributed by atoms with Gasteiger partial charge in [-0.1, -0.05) is 25.1 Å². The predicted octanol–water partition coefficient (Wildman–Crippen LogP) is 1.98. The third-order valence-electron chi connectivity index (χ3n) is 6.02. The minimum atomic E-state index is -1.67. The molecule has 8 heteroatoms. The van der Waals surface area contributed by atoms with Crippen LogP contribution in [0.4, 0.5) is 0 Å². The summed E-state index contributed by atoms with van der Waals surface area (Å²) < 4.78 is 12.5. The quantitative estimate of drug-likeness (QED) is 0.503. The number of hydrogen-bond acceptors (Lipinski definition) is 7. The van der Waals surface area contributed by atoms with Crippen LogP contribution in [0.2, 0.25) is 0 Å².